The lowest BCUT2D eigenvalue weighted by Crippen LogP contribution is -2.26. The fourth-order valence-electron chi connectivity index (χ4n) is 3.35. The van der Waals surface area contributed by atoms with Gasteiger partial charge in [-0.25, -0.2) is 0 Å². The zero-order valence-corrected chi connectivity index (χ0v) is 15.3. The van der Waals surface area contributed by atoms with Gasteiger partial charge in [0.25, 0.3) is 0 Å². The zero-order valence-electron chi connectivity index (χ0n) is 15.3. The number of allylic oxidation sites excluding steroid dienone is 1. The van der Waals surface area contributed by atoms with Crippen LogP contribution in [0.1, 0.15) is 56.2 Å². The number of carbonyl (C=O) groups is 1. The summed E-state index contributed by atoms with van der Waals surface area (Å²) in [6.07, 6.45) is 15.9. The van der Waals surface area contributed by atoms with Crippen molar-refractivity contribution in [3.05, 3.63) is 46.5 Å². The highest BCUT2D eigenvalue weighted by Crippen LogP contribution is 2.31. The molecule has 130 valence electrons. The van der Waals surface area contributed by atoms with E-state index in [1.807, 2.05) is 26.8 Å². The number of ether oxygens (including phenoxy) is 1. The fraction of sp³-hybridized carbons (Fsp3) is 0.435. The SMILES string of the molecule is C#CC/C=C(\C)C(C#C)OC(=O)C(c1ccc2c(c1)CCC2)C(C)C. The van der Waals surface area contributed by atoms with Gasteiger partial charge in [-0.15, -0.1) is 18.8 Å². The van der Waals surface area contributed by atoms with E-state index < -0.39 is 6.10 Å². The highest BCUT2D eigenvalue weighted by Gasteiger charge is 2.29. The second-order valence-corrected chi connectivity index (χ2v) is 6.94. The maximum absolute atomic E-state index is 12.8. The van der Waals surface area contributed by atoms with Crippen LogP contribution in [0, 0.1) is 30.6 Å². The Morgan fingerprint density at radius 3 is 2.64 bits per heavy atom. The minimum absolute atomic E-state index is 0.125. The van der Waals surface area contributed by atoms with E-state index in [1.54, 1.807) is 0 Å². The van der Waals surface area contributed by atoms with E-state index in [2.05, 4.69) is 30.0 Å². The summed E-state index contributed by atoms with van der Waals surface area (Å²) in [7, 11) is 0. The molecule has 2 unspecified atom stereocenters. The summed E-state index contributed by atoms with van der Waals surface area (Å²) in [5.74, 6) is 4.62. The molecule has 0 spiro atoms. The first kappa shape index (κ1) is 18.9. The third-order valence-corrected chi connectivity index (χ3v) is 4.74. The molecule has 0 radical (unpaired) electrons. The lowest BCUT2D eigenvalue weighted by atomic mass is 9.87. The number of hydrogen-bond acceptors (Lipinski definition) is 2. The average Bonchev–Trinajstić information content (AvgIpc) is 3.05. The van der Waals surface area contributed by atoms with Crippen molar-refractivity contribution in [3.8, 4) is 24.7 Å². The molecule has 2 atom stereocenters. The van der Waals surface area contributed by atoms with E-state index in [0.717, 1.165) is 24.0 Å². The van der Waals surface area contributed by atoms with Crippen molar-refractivity contribution in [2.75, 3.05) is 0 Å². The minimum atomic E-state index is -0.670. The normalized spacial score (nSPS) is 15.8. The minimum Gasteiger partial charge on any atom is -0.444 e. The van der Waals surface area contributed by atoms with Gasteiger partial charge in [-0.1, -0.05) is 44.0 Å². The van der Waals surface area contributed by atoms with Crippen molar-refractivity contribution in [1.82, 2.24) is 0 Å². The molecule has 1 aromatic rings. The second kappa shape index (κ2) is 8.59. The summed E-state index contributed by atoms with van der Waals surface area (Å²) in [6, 6.07) is 6.37. The van der Waals surface area contributed by atoms with Crippen LogP contribution in [0.4, 0.5) is 0 Å². The zero-order chi connectivity index (χ0) is 18.4. The molecule has 0 saturated heterocycles. The molecule has 0 bridgehead atoms. The monoisotopic (exact) mass is 334 g/mol. The number of benzene rings is 1. The molecular weight excluding hydrogens is 308 g/mol. The summed E-state index contributed by atoms with van der Waals surface area (Å²) < 4.78 is 5.64. The van der Waals surface area contributed by atoms with E-state index in [4.69, 9.17) is 17.6 Å². The van der Waals surface area contributed by atoms with Gasteiger partial charge < -0.3 is 4.74 Å². The number of fused-ring (bicyclic) bond motifs is 1. The van der Waals surface area contributed by atoms with Gasteiger partial charge in [0.05, 0.1) is 5.92 Å². The van der Waals surface area contributed by atoms with Gasteiger partial charge >= 0.3 is 5.97 Å². The van der Waals surface area contributed by atoms with Crippen LogP contribution < -0.4 is 0 Å². The van der Waals surface area contributed by atoms with Crippen LogP contribution in [-0.4, -0.2) is 12.1 Å². The molecule has 0 aromatic heterocycles. The van der Waals surface area contributed by atoms with Crippen molar-refractivity contribution in [3.63, 3.8) is 0 Å². The lowest BCUT2D eigenvalue weighted by Gasteiger charge is -2.23. The first-order valence-electron chi connectivity index (χ1n) is 8.86. The predicted octanol–water partition coefficient (Wildman–Crippen LogP) is 4.43. The Hall–Kier alpha value is -2.45. The second-order valence-electron chi connectivity index (χ2n) is 6.94. The van der Waals surface area contributed by atoms with Gasteiger partial charge in [-0.2, -0.15) is 0 Å². The smallest absolute Gasteiger partial charge is 0.315 e. The first-order valence-corrected chi connectivity index (χ1v) is 8.86. The van der Waals surface area contributed by atoms with E-state index in [1.165, 1.54) is 17.5 Å². The third kappa shape index (κ3) is 4.55. The highest BCUT2D eigenvalue weighted by atomic mass is 16.5. The van der Waals surface area contributed by atoms with Crippen LogP contribution in [0.25, 0.3) is 0 Å². The fourth-order valence-corrected chi connectivity index (χ4v) is 3.35. The third-order valence-electron chi connectivity index (χ3n) is 4.74. The van der Waals surface area contributed by atoms with E-state index in [-0.39, 0.29) is 17.8 Å². The Morgan fingerprint density at radius 1 is 1.28 bits per heavy atom. The Bertz CT molecular complexity index is 740. The first-order chi connectivity index (χ1) is 12.0. The molecule has 2 heteroatoms. The van der Waals surface area contributed by atoms with Crippen molar-refractivity contribution < 1.29 is 9.53 Å². The lowest BCUT2D eigenvalue weighted by molar-refractivity contribution is -0.148. The molecule has 25 heavy (non-hydrogen) atoms. The molecule has 0 N–H and O–H groups in total. The Kier molecular flexibility index (Phi) is 6.49. The summed E-state index contributed by atoms with van der Waals surface area (Å²) in [5.41, 5.74) is 4.57. The van der Waals surface area contributed by atoms with E-state index >= 15 is 0 Å². The maximum atomic E-state index is 12.8. The van der Waals surface area contributed by atoms with Crippen molar-refractivity contribution in [1.29, 1.82) is 0 Å². The number of carbonyl (C=O) groups excluding carboxylic acids is 1. The van der Waals surface area contributed by atoms with E-state index in [0.29, 0.717) is 6.42 Å². The van der Waals surface area contributed by atoms with Crippen LogP contribution in [0.3, 0.4) is 0 Å². The Balaban J connectivity index is 2.21. The van der Waals surface area contributed by atoms with Gasteiger partial charge in [-0.05, 0) is 54.4 Å². The number of hydrogen-bond donors (Lipinski definition) is 0. The van der Waals surface area contributed by atoms with Gasteiger partial charge in [0.15, 0.2) is 6.10 Å². The number of aryl methyl sites for hydroxylation is 2. The van der Waals surface area contributed by atoms with E-state index in [9.17, 15) is 4.79 Å². The number of esters is 1. The number of rotatable bonds is 6. The van der Waals surface area contributed by atoms with Gasteiger partial charge in [-0.3, -0.25) is 4.79 Å². The van der Waals surface area contributed by atoms with Gasteiger partial charge in [0.1, 0.15) is 0 Å². The molecule has 0 aliphatic heterocycles. The van der Waals surface area contributed by atoms with Gasteiger partial charge in [0, 0.05) is 6.42 Å². The molecule has 1 aliphatic rings. The van der Waals surface area contributed by atoms with Crippen LogP contribution in [-0.2, 0) is 22.4 Å². The highest BCUT2D eigenvalue weighted by molar-refractivity contribution is 5.79. The number of terminal acetylenes is 2. The van der Waals surface area contributed by atoms with Gasteiger partial charge in [0.2, 0.25) is 0 Å². The molecule has 0 fully saturated rings. The van der Waals surface area contributed by atoms with Crippen molar-refractivity contribution >= 4 is 5.97 Å². The van der Waals surface area contributed by atoms with Crippen LogP contribution in [0.5, 0.6) is 0 Å². The largest absolute Gasteiger partial charge is 0.444 e. The average molecular weight is 334 g/mol. The molecule has 0 amide bonds. The maximum Gasteiger partial charge on any atom is 0.315 e. The molecular formula is C23H26O2. The molecule has 2 rings (SSSR count). The van der Waals surface area contributed by atoms with Crippen molar-refractivity contribution in [2.24, 2.45) is 5.92 Å². The summed E-state index contributed by atoms with van der Waals surface area (Å²) in [6.45, 7) is 5.91. The molecule has 0 heterocycles. The summed E-state index contributed by atoms with van der Waals surface area (Å²) >= 11 is 0. The Morgan fingerprint density at radius 2 is 2.00 bits per heavy atom. The molecule has 1 aromatic carbocycles. The topological polar surface area (TPSA) is 26.3 Å². The van der Waals surface area contributed by atoms with Crippen LogP contribution in [0.15, 0.2) is 29.8 Å². The van der Waals surface area contributed by atoms with Crippen molar-refractivity contribution in [2.45, 2.75) is 58.5 Å². The molecule has 1 aliphatic carbocycles. The van der Waals surface area contributed by atoms with Crippen LogP contribution >= 0.6 is 0 Å². The Labute approximate surface area is 151 Å². The molecule has 0 saturated carbocycles. The quantitative estimate of drug-likeness (QED) is 0.437. The summed E-state index contributed by atoms with van der Waals surface area (Å²) in [5, 5.41) is 0. The van der Waals surface area contributed by atoms with Crippen LogP contribution in [0.2, 0.25) is 0 Å². The molecule has 2 nitrogen and oxygen atoms in total. The summed E-state index contributed by atoms with van der Waals surface area (Å²) in [4.78, 5) is 12.8. The predicted molar refractivity (Wildman–Crippen MR) is 102 cm³/mol. The standard InChI is InChI=1S/C23H26O2/c1-6-8-10-17(5)21(7-2)25-23(24)22(16(3)4)20-14-13-18-11-9-12-19(18)15-20/h1-2,10,13-16,21-22H,8-9,11-12H2,3-5H3/b17-10+.